The Hall–Kier alpha value is -1.44. The summed E-state index contributed by atoms with van der Waals surface area (Å²) in [7, 11) is 11.0. The van der Waals surface area contributed by atoms with E-state index in [2.05, 4.69) is 138 Å². The first-order valence-electron chi connectivity index (χ1n) is 11.7. The van der Waals surface area contributed by atoms with Crippen LogP contribution in [-0.2, 0) is 26.3 Å². The van der Waals surface area contributed by atoms with Crippen LogP contribution in [0, 0.1) is 6.92 Å². The van der Waals surface area contributed by atoms with Crippen molar-refractivity contribution >= 4 is 48.1 Å². The van der Waals surface area contributed by atoms with Crippen LogP contribution in [0.3, 0.4) is 0 Å². The Morgan fingerprint density at radius 3 is 2.00 bits per heavy atom. The van der Waals surface area contributed by atoms with Crippen LogP contribution in [0.5, 0.6) is 0 Å². The van der Waals surface area contributed by atoms with Gasteiger partial charge in [0, 0.05) is 9.52 Å². The van der Waals surface area contributed by atoms with E-state index in [1.54, 1.807) is 0 Å². The van der Waals surface area contributed by atoms with Gasteiger partial charge in [-0.1, -0.05) is 82.8 Å². The van der Waals surface area contributed by atoms with Crippen molar-refractivity contribution in [2.75, 3.05) is 0 Å². The van der Waals surface area contributed by atoms with Crippen molar-refractivity contribution in [3.05, 3.63) is 108 Å². The SMILES string of the molecule is CC(C)(C)c1ccc(-c2cccc3[cH-]ccc23)cc1.C[Si]C.Cc1cc2ccccc2[cH-]1.[Cl][Zr+2][Cl]. The fourth-order valence-electron chi connectivity index (χ4n) is 3.87. The fraction of sp³-hybridized carbons (Fsp3) is 0.226. The standard InChI is InChI=1S/C19H19.C10H9.C2H6Si.2ClH.Zr/c1-19(2,3)16-12-10-15(11-13-16)18-9-5-7-14-6-4-8-17(14)18;1-8-6-9-4-2-3-5-10(9)7-8;1-3-2;;;/h4-13H,1-3H3;2-7H,1H3;1-2H3;2*1H;/q2*-1;;;;+4/p-2. The Balaban J connectivity index is 0.000000225. The molecule has 0 heterocycles. The molecular formula is C31H34Cl2SiZr. The minimum absolute atomic E-state index is 0.213. The summed E-state index contributed by atoms with van der Waals surface area (Å²) in [6, 6.07) is 34.8. The maximum atomic E-state index is 4.93. The van der Waals surface area contributed by atoms with Gasteiger partial charge in [-0.2, -0.15) is 18.2 Å². The summed E-state index contributed by atoms with van der Waals surface area (Å²) in [6.07, 6.45) is 0. The van der Waals surface area contributed by atoms with Gasteiger partial charge in [0.2, 0.25) is 0 Å². The Morgan fingerprint density at radius 1 is 0.800 bits per heavy atom. The Labute approximate surface area is 232 Å². The third-order valence-corrected chi connectivity index (χ3v) is 5.50. The number of hydrogen-bond acceptors (Lipinski definition) is 0. The summed E-state index contributed by atoms with van der Waals surface area (Å²) < 4.78 is 0. The zero-order valence-electron chi connectivity index (χ0n) is 21.5. The van der Waals surface area contributed by atoms with Crippen molar-refractivity contribution in [3.63, 3.8) is 0 Å². The molecule has 2 radical (unpaired) electrons. The zero-order valence-corrected chi connectivity index (χ0v) is 26.5. The molecule has 0 bridgehead atoms. The van der Waals surface area contributed by atoms with Crippen LogP contribution >= 0.6 is 17.0 Å². The summed E-state index contributed by atoms with van der Waals surface area (Å²) in [4.78, 5) is 0. The number of benzene rings is 3. The van der Waals surface area contributed by atoms with Crippen molar-refractivity contribution in [1.29, 1.82) is 0 Å². The summed E-state index contributed by atoms with van der Waals surface area (Å²) in [5.41, 5.74) is 5.56. The van der Waals surface area contributed by atoms with E-state index in [4.69, 9.17) is 17.0 Å². The number of halogens is 2. The van der Waals surface area contributed by atoms with E-state index in [0.717, 1.165) is 9.52 Å². The van der Waals surface area contributed by atoms with Gasteiger partial charge in [-0.25, -0.2) is 0 Å². The predicted octanol–water partition coefficient (Wildman–Crippen LogP) is 10.6. The number of hydrogen-bond donors (Lipinski definition) is 0. The number of aryl methyl sites for hydroxylation is 1. The molecule has 0 amide bonds. The van der Waals surface area contributed by atoms with E-state index >= 15 is 0 Å². The second kappa shape index (κ2) is 15.0. The van der Waals surface area contributed by atoms with Crippen molar-refractivity contribution < 1.29 is 20.8 Å². The molecule has 0 spiro atoms. The van der Waals surface area contributed by atoms with Gasteiger partial charge in [0.15, 0.2) is 0 Å². The zero-order chi connectivity index (χ0) is 25.8. The molecule has 0 aliphatic heterocycles. The minimum atomic E-state index is -0.826. The van der Waals surface area contributed by atoms with Crippen molar-refractivity contribution in [2.45, 2.75) is 46.2 Å². The van der Waals surface area contributed by atoms with Gasteiger partial charge in [0.25, 0.3) is 0 Å². The molecule has 0 fully saturated rings. The molecule has 0 saturated carbocycles. The molecule has 5 aromatic rings. The van der Waals surface area contributed by atoms with Gasteiger partial charge in [0.1, 0.15) is 0 Å². The van der Waals surface area contributed by atoms with E-state index in [1.165, 1.54) is 43.8 Å². The molecule has 0 aromatic heterocycles. The van der Waals surface area contributed by atoms with Gasteiger partial charge in [0.05, 0.1) is 0 Å². The van der Waals surface area contributed by atoms with E-state index in [1.807, 2.05) is 0 Å². The van der Waals surface area contributed by atoms with Gasteiger partial charge < -0.3 is 0 Å². The van der Waals surface area contributed by atoms with Gasteiger partial charge in [-0.15, -0.1) is 69.6 Å². The Kier molecular flexibility index (Phi) is 12.7. The molecule has 0 aliphatic carbocycles. The quantitative estimate of drug-likeness (QED) is 0.133. The average Bonchev–Trinajstić information content (AvgIpc) is 3.45. The summed E-state index contributed by atoms with van der Waals surface area (Å²) >= 11 is -0.826. The summed E-state index contributed by atoms with van der Waals surface area (Å²) in [5, 5.41) is 5.35. The van der Waals surface area contributed by atoms with E-state index in [9.17, 15) is 0 Å². The van der Waals surface area contributed by atoms with Crippen LogP contribution in [0.15, 0.2) is 97.1 Å². The number of fused-ring (bicyclic) bond motifs is 2. The molecule has 180 valence electrons. The third kappa shape index (κ3) is 9.18. The molecule has 0 unspecified atom stereocenters. The maximum absolute atomic E-state index is 4.93. The molecule has 0 aliphatic rings. The molecule has 0 N–H and O–H groups in total. The monoisotopic (exact) mass is 594 g/mol. The van der Waals surface area contributed by atoms with Crippen molar-refractivity contribution in [2.24, 2.45) is 0 Å². The van der Waals surface area contributed by atoms with E-state index < -0.39 is 20.8 Å². The normalized spacial score (nSPS) is 10.3. The van der Waals surface area contributed by atoms with E-state index in [-0.39, 0.29) is 5.41 Å². The molecule has 0 saturated heterocycles. The first-order valence-corrected chi connectivity index (χ1v) is 20.0. The molecule has 5 aromatic carbocycles. The molecule has 0 atom stereocenters. The van der Waals surface area contributed by atoms with Crippen LogP contribution < -0.4 is 0 Å². The summed E-state index contributed by atoms with van der Waals surface area (Å²) in [6.45, 7) is 13.2. The molecular weight excluding hydrogens is 563 g/mol. The second-order valence-electron chi connectivity index (χ2n) is 9.39. The Bertz CT molecular complexity index is 1240. The van der Waals surface area contributed by atoms with Crippen LogP contribution in [0.2, 0.25) is 13.1 Å². The number of rotatable bonds is 1. The fourth-order valence-corrected chi connectivity index (χ4v) is 3.87. The van der Waals surface area contributed by atoms with Gasteiger partial charge in [-0.05, 0) is 16.5 Å². The van der Waals surface area contributed by atoms with Gasteiger partial charge >= 0.3 is 37.9 Å². The topological polar surface area (TPSA) is 0 Å². The third-order valence-electron chi connectivity index (χ3n) is 5.50. The van der Waals surface area contributed by atoms with Crippen molar-refractivity contribution in [3.8, 4) is 11.1 Å². The van der Waals surface area contributed by atoms with Gasteiger partial charge in [-0.3, -0.25) is 0 Å². The van der Waals surface area contributed by atoms with E-state index in [0.29, 0.717) is 0 Å². The molecule has 5 rings (SSSR count). The Morgan fingerprint density at radius 2 is 1.40 bits per heavy atom. The summed E-state index contributed by atoms with van der Waals surface area (Å²) in [5.74, 6) is 0. The average molecular weight is 597 g/mol. The first kappa shape index (κ1) is 29.8. The molecule has 4 heteroatoms. The first-order chi connectivity index (χ1) is 16.7. The second-order valence-corrected chi connectivity index (χ2v) is 14.1. The van der Waals surface area contributed by atoms with Crippen molar-refractivity contribution in [1.82, 2.24) is 0 Å². The molecule has 0 nitrogen and oxygen atoms in total. The van der Waals surface area contributed by atoms with Crippen LogP contribution in [-0.4, -0.2) is 9.52 Å². The van der Waals surface area contributed by atoms with Crippen LogP contribution in [0.4, 0.5) is 0 Å². The van der Waals surface area contributed by atoms with Crippen LogP contribution in [0.25, 0.3) is 32.7 Å². The molecule has 35 heavy (non-hydrogen) atoms. The predicted molar refractivity (Wildman–Crippen MR) is 157 cm³/mol. The van der Waals surface area contributed by atoms with Crippen LogP contribution in [0.1, 0.15) is 31.9 Å².